The molecule has 0 aromatic heterocycles. The molecule has 0 saturated carbocycles. The molecule has 0 radical (unpaired) electrons. The van der Waals surface area contributed by atoms with Crippen LogP contribution in [0.3, 0.4) is 0 Å². The molecule has 1 aromatic carbocycles. The first-order chi connectivity index (χ1) is 9.60. The van der Waals surface area contributed by atoms with Crippen LogP contribution in [-0.2, 0) is 9.53 Å². The summed E-state index contributed by atoms with van der Waals surface area (Å²) in [5.41, 5.74) is -0.430. The van der Waals surface area contributed by atoms with Crippen LogP contribution < -0.4 is 5.32 Å². The highest BCUT2D eigenvalue weighted by Crippen LogP contribution is 2.14. The third-order valence-electron chi connectivity index (χ3n) is 2.46. The molecule has 1 rings (SSSR count). The molecule has 1 amide bonds. The van der Waals surface area contributed by atoms with Crippen LogP contribution in [0.1, 0.15) is 12.0 Å². The van der Waals surface area contributed by atoms with E-state index in [0.717, 1.165) is 12.1 Å². The third-order valence-corrected chi connectivity index (χ3v) is 2.46. The zero-order valence-electron chi connectivity index (χ0n) is 11.0. The Morgan fingerprint density at radius 2 is 2.25 bits per heavy atom. The van der Waals surface area contributed by atoms with E-state index in [1.807, 2.05) is 0 Å². The lowest BCUT2D eigenvalue weighted by atomic mass is 10.1. The fraction of sp³-hybridized carbons (Fsp3) is 0.286. The molecule has 20 heavy (non-hydrogen) atoms. The van der Waals surface area contributed by atoms with Crippen LogP contribution in [0.4, 0.5) is 8.78 Å². The number of amides is 1. The summed E-state index contributed by atoms with van der Waals surface area (Å²) in [5, 5.41) is 11.4. The summed E-state index contributed by atoms with van der Waals surface area (Å²) in [5.74, 6) is -2.75. The van der Waals surface area contributed by atoms with Gasteiger partial charge < -0.3 is 10.1 Å². The highest BCUT2D eigenvalue weighted by atomic mass is 19.2. The van der Waals surface area contributed by atoms with Crippen molar-refractivity contribution < 1.29 is 18.3 Å². The number of carbonyl (C=O) groups excluding carboxylic acids is 1. The molecule has 106 valence electrons. The third kappa shape index (κ3) is 4.44. The summed E-state index contributed by atoms with van der Waals surface area (Å²) in [6.07, 6.45) is 1.61. The Labute approximate surface area is 115 Å². The van der Waals surface area contributed by atoms with E-state index >= 15 is 0 Å². The van der Waals surface area contributed by atoms with Crippen LogP contribution >= 0.6 is 0 Å². The minimum Gasteiger partial charge on any atom is -0.385 e. The average Bonchev–Trinajstić information content (AvgIpc) is 2.45. The maximum Gasteiger partial charge on any atom is 0.261 e. The average molecular weight is 280 g/mol. The normalized spacial score (nSPS) is 11.0. The minimum atomic E-state index is -1.09. The number of carbonyl (C=O) groups is 1. The largest absolute Gasteiger partial charge is 0.385 e. The second kappa shape index (κ2) is 8.02. The van der Waals surface area contributed by atoms with Crippen molar-refractivity contribution in [3.8, 4) is 6.07 Å². The van der Waals surface area contributed by atoms with Gasteiger partial charge in [-0.25, -0.2) is 8.78 Å². The zero-order valence-corrected chi connectivity index (χ0v) is 11.0. The van der Waals surface area contributed by atoms with Gasteiger partial charge in [0, 0.05) is 25.8 Å². The summed E-state index contributed by atoms with van der Waals surface area (Å²) in [6, 6.07) is 5.22. The molecule has 1 aromatic rings. The van der Waals surface area contributed by atoms with Crippen molar-refractivity contribution in [3.63, 3.8) is 0 Å². The first kappa shape index (κ1) is 15.8. The van der Waals surface area contributed by atoms with Crippen molar-refractivity contribution in [1.29, 1.82) is 5.26 Å². The van der Waals surface area contributed by atoms with E-state index in [1.165, 1.54) is 19.2 Å². The van der Waals surface area contributed by atoms with Crippen molar-refractivity contribution in [2.24, 2.45) is 0 Å². The predicted octanol–water partition coefficient (Wildman–Crippen LogP) is 2.02. The molecular weight excluding hydrogens is 266 g/mol. The predicted molar refractivity (Wildman–Crippen MR) is 69.5 cm³/mol. The number of hydrogen-bond acceptors (Lipinski definition) is 3. The number of nitriles is 1. The lowest BCUT2D eigenvalue weighted by Gasteiger charge is -2.04. The number of nitrogens with one attached hydrogen (secondary N) is 1. The summed E-state index contributed by atoms with van der Waals surface area (Å²) in [4.78, 5) is 11.7. The van der Waals surface area contributed by atoms with Gasteiger partial charge in [0.1, 0.15) is 11.6 Å². The first-order valence-electron chi connectivity index (χ1n) is 5.93. The molecule has 6 heteroatoms. The topological polar surface area (TPSA) is 62.1 Å². The van der Waals surface area contributed by atoms with Crippen molar-refractivity contribution >= 4 is 12.0 Å². The first-order valence-corrected chi connectivity index (χ1v) is 5.93. The Bertz CT molecular complexity index is 551. The van der Waals surface area contributed by atoms with Crippen molar-refractivity contribution in [2.75, 3.05) is 20.3 Å². The summed E-state index contributed by atoms with van der Waals surface area (Å²) < 4.78 is 31.3. The van der Waals surface area contributed by atoms with Gasteiger partial charge in [-0.1, -0.05) is 12.1 Å². The molecule has 0 aliphatic rings. The number of halogens is 2. The Morgan fingerprint density at radius 1 is 1.50 bits per heavy atom. The Hall–Kier alpha value is -2.26. The maximum absolute atomic E-state index is 13.4. The van der Waals surface area contributed by atoms with Crippen LogP contribution in [-0.4, -0.2) is 26.2 Å². The van der Waals surface area contributed by atoms with E-state index in [1.54, 1.807) is 6.07 Å². The number of rotatable bonds is 6. The SMILES string of the molecule is COCCCNC(=O)/C(C#N)=C\c1cccc(F)c1F. The van der Waals surface area contributed by atoms with Crippen LogP contribution in [0, 0.1) is 23.0 Å². The van der Waals surface area contributed by atoms with Gasteiger partial charge in [0.2, 0.25) is 0 Å². The Balaban J connectivity index is 2.80. The maximum atomic E-state index is 13.4. The fourth-order valence-corrected chi connectivity index (χ4v) is 1.45. The molecule has 0 fully saturated rings. The van der Waals surface area contributed by atoms with Crippen molar-refractivity contribution in [3.05, 3.63) is 41.0 Å². The van der Waals surface area contributed by atoms with Gasteiger partial charge in [-0.15, -0.1) is 0 Å². The molecule has 0 heterocycles. The van der Waals surface area contributed by atoms with E-state index in [-0.39, 0.29) is 11.1 Å². The molecule has 0 unspecified atom stereocenters. The standard InChI is InChI=1S/C14H14F2N2O2/c1-20-7-3-6-18-14(19)11(9-17)8-10-4-2-5-12(15)13(10)16/h2,4-5,8H,3,6-7H2,1H3,(H,18,19)/b11-8-. The van der Waals surface area contributed by atoms with Gasteiger partial charge in [0.05, 0.1) is 0 Å². The van der Waals surface area contributed by atoms with E-state index in [2.05, 4.69) is 5.32 Å². The highest BCUT2D eigenvalue weighted by Gasteiger charge is 2.11. The lowest BCUT2D eigenvalue weighted by Crippen LogP contribution is -2.26. The summed E-state index contributed by atoms with van der Waals surface area (Å²) >= 11 is 0. The van der Waals surface area contributed by atoms with Gasteiger partial charge >= 0.3 is 0 Å². The van der Waals surface area contributed by atoms with Crippen molar-refractivity contribution in [1.82, 2.24) is 5.32 Å². The second-order valence-electron chi connectivity index (χ2n) is 3.92. The number of hydrogen-bond donors (Lipinski definition) is 1. The molecule has 0 spiro atoms. The monoisotopic (exact) mass is 280 g/mol. The Kier molecular flexibility index (Phi) is 6.33. The summed E-state index contributed by atoms with van der Waals surface area (Å²) in [6.45, 7) is 0.807. The number of methoxy groups -OCH3 is 1. The molecule has 0 aliphatic heterocycles. The number of nitrogens with zero attached hydrogens (tertiary/aromatic N) is 1. The van der Waals surface area contributed by atoms with E-state index in [9.17, 15) is 13.6 Å². The summed E-state index contributed by atoms with van der Waals surface area (Å²) in [7, 11) is 1.54. The van der Waals surface area contributed by atoms with E-state index in [0.29, 0.717) is 19.6 Å². The molecule has 0 saturated heterocycles. The van der Waals surface area contributed by atoms with Gasteiger partial charge in [0.25, 0.3) is 5.91 Å². The quantitative estimate of drug-likeness (QED) is 0.492. The second-order valence-corrected chi connectivity index (χ2v) is 3.92. The zero-order chi connectivity index (χ0) is 15.0. The van der Waals surface area contributed by atoms with Gasteiger partial charge in [-0.3, -0.25) is 4.79 Å². The van der Waals surface area contributed by atoms with Gasteiger partial charge in [-0.2, -0.15) is 5.26 Å². The van der Waals surface area contributed by atoms with Crippen LogP contribution in [0.25, 0.3) is 6.08 Å². The van der Waals surface area contributed by atoms with Crippen molar-refractivity contribution in [2.45, 2.75) is 6.42 Å². The lowest BCUT2D eigenvalue weighted by molar-refractivity contribution is -0.117. The Morgan fingerprint density at radius 3 is 2.90 bits per heavy atom. The fourth-order valence-electron chi connectivity index (χ4n) is 1.45. The van der Waals surface area contributed by atoms with Crippen LogP contribution in [0.15, 0.2) is 23.8 Å². The molecule has 0 aliphatic carbocycles. The minimum absolute atomic E-state index is 0.145. The molecule has 0 bridgehead atoms. The smallest absolute Gasteiger partial charge is 0.261 e. The molecule has 0 atom stereocenters. The van der Waals surface area contributed by atoms with E-state index in [4.69, 9.17) is 10.00 Å². The number of ether oxygens (including phenoxy) is 1. The van der Waals surface area contributed by atoms with Crippen LogP contribution in [0.5, 0.6) is 0 Å². The van der Waals surface area contributed by atoms with Gasteiger partial charge in [0.15, 0.2) is 11.6 Å². The van der Waals surface area contributed by atoms with Gasteiger partial charge in [-0.05, 0) is 18.6 Å². The van der Waals surface area contributed by atoms with E-state index < -0.39 is 17.5 Å². The number of benzene rings is 1. The molecular formula is C14H14F2N2O2. The highest BCUT2D eigenvalue weighted by molar-refractivity contribution is 6.01. The molecule has 1 N–H and O–H groups in total. The molecule has 4 nitrogen and oxygen atoms in total. The van der Waals surface area contributed by atoms with Crippen LogP contribution in [0.2, 0.25) is 0 Å².